The molecule has 0 amide bonds. The highest BCUT2D eigenvalue weighted by atomic mass is 19.1. The van der Waals surface area contributed by atoms with E-state index in [9.17, 15) is 9.18 Å². The van der Waals surface area contributed by atoms with E-state index in [2.05, 4.69) is 14.9 Å². The molecule has 0 spiro atoms. The minimum atomic E-state index is -0.209. The molecule has 1 saturated carbocycles. The summed E-state index contributed by atoms with van der Waals surface area (Å²) in [6.07, 6.45) is 3.09. The molecule has 0 saturated heterocycles. The Balaban J connectivity index is 1.48. The molecule has 128 valence electrons. The Hall–Kier alpha value is -2.53. The molecule has 4 nitrogen and oxygen atoms in total. The molecule has 0 unspecified atom stereocenters. The van der Waals surface area contributed by atoms with Crippen molar-refractivity contribution in [3.8, 4) is 0 Å². The number of para-hydroxylation sites is 1. The van der Waals surface area contributed by atoms with E-state index < -0.39 is 0 Å². The van der Waals surface area contributed by atoms with E-state index in [4.69, 9.17) is 0 Å². The van der Waals surface area contributed by atoms with E-state index in [0.29, 0.717) is 23.7 Å². The van der Waals surface area contributed by atoms with Crippen molar-refractivity contribution in [2.75, 3.05) is 6.54 Å². The second-order valence-corrected chi connectivity index (χ2v) is 6.61. The normalized spacial score (nSPS) is 14.3. The Morgan fingerprint density at radius 2 is 1.88 bits per heavy atom. The maximum Gasteiger partial charge on any atom is 0.258 e. The highest BCUT2D eigenvalue weighted by Crippen LogP contribution is 2.28. The molecule has 0 atom stereocenters. The number of nitrogens with one attached hydrogen (secondary N) is 1. The molecule has 4 rings (SSSR count). The van der Waals surface area contributed by atoms with Crippen LogP contribution in [-0.4, -0.2) is 27.5 Å². The van der Waals surface area contributed by atoms with Gasteiger partial charge in [-0.05, 0) is 42.7 Å². The maximum absolute atomic E-state index is 13.1. The summed E-state index contributed by atoms with van der Waals surface area (Å²) >= 11 is 0. The second-order valence-electron chi connectivity index (χ2n) is 6.61. The molecule has 1 fully saturated rings. The Morgan fingerprint density at radius 3 is 2.64 bits per heavy atom. The first-order chi connectivity index (χ1) is 12.2. The van der Waals surface area contributed by atoms with Gasteiger partial charge in [0.1, 0.15) is 11.6 Å². The first-order valence-corrected chi connectivity index (χ1v) is 8.65. The van der Waals surface area contributed by atoms with Crippen molar-refractivity contribution in [1.82, 2.24) is 14.9 Å². The van der Waals surface area contributed by atoms with Gasteiger partial charge in [0.15, 0.2) is 0 Å². The van der Waals surface area contributed by atoms with Gasteiger partial charge in [-0.3, -0.25) is 9.69 Å². The van der Waals surface area contributed by atoms with E-state index in [-0.39, 0.29) is 11.4 Å². The first kappa shape index (κ1) is 16.0. The Kier molecular flexibility index (Phi) is 4.32. The summed E-state index contributed by atoms with van der Waals surface area (Å²) in [6.45, 7) is 1.62. The highest BCUT2D eigenvalue weighted by Gasteiger charge is 2.28. The Bertz CT molecular complexity index is 932. The molecule has 1 aliphatic carbocycles. The molecule has 2 aromatic carbocycles. The van der Waals surface area contributed by atoms with Crippen LogP contribution in [0.2, 0.25) is 0 Å². The van der Waals surface area contributed by atoms with Crippen molar-refractivity contribution in [2.24, 2.45) is 0 Å². The van der Waals surface area contributed by atoms with Crippen molar-refractivity contribution in [3.05, 3.63) is 76.1 Å². The molecule has 0 radical (unpaired) electrons. The molecule has 1 heterocycles. The summed E-state index contributed by atoms with van der Waals surface area (Å²) in [5.74, 6) is 0.508. The topological polar surface area (TPSA) is 49.0 Å². The van der Waals surface area contributed by atoms with E-state index in [0.717, 1.165) is 24.2 Å². The fourth-order valence-corrected chi connectivity index (χ4v) is 3.16. The van der Waals surface area contributed by atoms with Crippen LogP contribution in [0.3, 0.4) is 0 Å². The van der Waals surface area contributed by atoms with Crippen LogP contribution < -0.4 is 5.56 Å². The van der Waals surface area contributed by atoms with Crippen LogP contribution in [0.25, 0.3) is 10.9 Å². The molecule has 0 bridgehead atoms. The summed E-state index contributed by atoms with van der Waals surface area (Å²) in [5, 5.41) is 0.622. The summed E-state index contributed by atoms with van der Waals surface area (Å²) < 4.78 is 13.1. The fraction of sp³-hybridized carbons (Fsp3) is 0.300. The number of halogens is 1. The molecule has 25 heavy (non-hydrogen) atoms. The number of benzene rings is 2. The lowest BCUT2D eigenvalue weighted by Crippen LogP contribution is -2.29. The molecule has 1 aliphatic rings. The van der Waals surface area contributed by atoms with E-state index in [1.54, 1.807) is 6.07 Å². The lowest BCUT2D eigenvalue weighted by molar-refractivity contribution is 0.256. The molecular weight excluding hydrogens is 317 g/mol. The first-order valence-electron chi connectivity index (χ1n) is 8.65. The lowest BCUT2D eigenvalue weighted by atomic mass is 10.2. The zero-order valence-electron chi connectivity index (χ0n) is 13.9. The average Bonchev–Trinajstić information content (AvgIpc) is 3.45. The maximum atomic E-state index is 13.1. The van der Waals surface area contributed by atoms with Gasteiger partial charge in [0.2, 0.25) is 0 Å². The monoisotopic (exact) mass is 337 g/mol. The van der Waals surface area contributed by atoms with Gasteiger partial charge in [-0.1, -0.05) is 24.3 Å². The molecule has 1 aromatic heterocycles. The van der Waals surface area contributed by atoms with Crippen LogP contribution >= 0.6 is 0 Å². The van der Waals surface area contributed by atoms with Gasteiger partial charge in [-0.2, -0.15) is 0 Å². The summed E-state index contributed by atoms with van der Waals surface area (Å²) in [6, 6.07) is 14.6. The van der Waals surface area contributed by atoms with Gasteiger partial charge in [-0.15, -0.1) is 0 Å². The quantitative estimate of drug-likeness (QED) is 0.751. The van der Waals surface area contributed by atoms with Gasteiger partial charge in [0, 0.05) is 25.6 Å². The second kappa shape index (κ2) is 6.76. The smallest absolute Gasteiger partial charge is 0.258 e. The van der Waals surface area contributed by atoms with Gasteiger partial charge in [0.05, 0.1) is 10.9 Å². The average molecular weight is 337 g/mol. The summed E-state index contributed by atoms with van der Waals surface area (Å²) in [7, 11) is 0. The zero-order valence-corrected chi connectivity index (χ0v) is 13.9. The van der Waals surface area contributed by atoms with Gasteiger partial charge in [-0.25, -0.2) is 9.37 Å². The lowest BCUT2D eigenvalue weighted by Gasteiger charge is -2.21. The summed E-state index contributed by atoms with van der Waals surface area (Å²) in [5.41, 5.74) is 1.75. The van der Waals surface area contributed by atoms with Crippen molar-refractivity contribution >= 4 is 10.9 Å². The minimum absolute atomic E-state index is 0.0860. The van der Waals surface area contributed by atoms with E-state index in [1.807, 2.05) is 30.3 Å². The standard InChI is InChI=1S/C20H20FN3O/c21-15-7-5-14(6-8-15)13-24(16-9-10-16)12-11-19-22-18-4-2-1-3-17(18)20(25)23-19/h1-8,16H,9-13H2,(H,22,23,25). The number of aromatic amines is 1. The number of hydrogen-bond acceptors (Lipinski definition) is 3. The minimum Gasteiger partial charge on any atom is -0.310 e. The summed E-state index contributed by atoms with van der Waals surface area (Å²) in [4.78, 5) is 22.0. The number of hydrogen-bond donors (Lipinski definition) is 1. The third-order valence-electron chi connectivity index (χ3n) is 4.66. The third kappa shape index (κ3) is 3.77. The number of nitrogens with zero attached hydrogens (tertiary/aromatic N) is 2. The molecule has 1 N–H and O–H groups in total. The van der Waals surface area contributed by atoms with Crippen molar-refractivity contribution < 1.29 is 4.39 Å². The molecule has 0 aliphatic heterocycles. The third-order valence-corrected chi connectivity index (χ3v) is 4.66. The largest absolute Gasteiger partial charge is 0.310 e. The van der Waals surface area contributed by atoms with Gasteiger partial charge >= 0.3 is 0 Å². The number of aromatic nitrogens is 2. The van der Waals surface area contributed by atoms with Crippen LogP contribution in [0.1, 0.15) is 24.2 Å². The van der Waals surface area contributed by atoms with Crippen LogP contribution in [0.4, 0.5) is 4.39 Å². The number of H-pyrrole nitrogens is 1. The number of fused-ring (bicyclic) bond motifs is 1. The van der Waals surface area contributed by atoms with Crippen LogP contribution in [0, 0.1) is 5.82 Å². The molecule has 3 aromatic rings. The van der Waals surface area contributed by atoms with Gasteiger partial charge in [0.25, 0.3) is 5.56 Å². The predicted molar refractivity (Wildman–Crippen MR) is 95.9 cm³/mol. The highest BCUT2D eigenvalue weighted by molar-refractivity contribution is 5.77. The Labute approximate surface area is 145 Å². The molecular formula is C20H20FN3O. The number of rotatable bonds is 6. The van der Waals surface area contributed by atoms with E-state index in [1.165, 1.54) is 25.0 Å². The predicted octanol–water partition coefficient (Wildman–Crippen LogP) is 3.27. The molecule has 5 heteroatoms. The Morgan fingerprint density at radius 1 is 1.12 bits per heavy atom. The van der Waals surface area contributed by atoms with Crippen molar-refractivity contribution in [1.29, 1.82) is 0 Å². The SMILES string of the molecule is O=c1[nH]c(CCN(Cc2ccc(F)cc2)C2CC2)nc2ccccc12. The van der Waals surface area contributed by atoms with Crippen molar-refractivity contribution in [2.45, 2.75) is 31.8 Å². The zero-order chi connectivity index (χ0) is 17.2. The van der Waals surface area contributed by atoms with E-state index >= 15 is 0 Å². The van der Waals surface area contributed by atoms with Crippen LogP contribution in [0.15, 0.2) is 53.3 Å². The van der Waals surface area contributed by atoms with Gasteiger partial charge < -0.3 is 4.98 Å². The van der Waals surface area contributed by atoms with Crippen LogP contribution in [-0.2, 0) is 13.0 Å². The van der Waals surface area contributed by atoms with Crippen molar-refractivity contribution in [3.63, 3.8) is 0 Å². The fourth-order valence-electron chi connectivity index (χ4n) is 3.16. The van der Waals surface area contributed by atoms with Crippen LogP contribution in [0.5, 0.6) is 0 Å².